The predicted molar refractivity (Wildman–Crippen MR) is 96.2 cm³/mol. The van der Waals surface area contributed by atoms with Crippen LogP contribution >= 0.6 is 11.8 Å². The van der Waals surface area contributed by atoms with E-state index in [1.165, 1.54) is 0 Å². The minimum absolute atomic E-state index is 0.0227. The maximum Gasteiger partial charge on any atom is 0.262 e. The van der Waals surface area contributed by atoms with Crippen LogP contribution in [0.1, 0.15) is 53.8 Å². The van der Waals surface area contributed by atoms with E-state index in [0.717, 1.165) is 17.7 Å². The Kier molecular flexibility index (Phi) is 6.43. The van der Waals surface area contributed by atoms with Gasteiger partial charge in [-0.1, -0.05) is 25.5 Å². The maximum atomic E-state index is 12.7. The number of amides is 3. The van der Waals surface area contributed by atoms with Crippen molar-refractivity contribution in [1.29, 1.82) is 0 Å². The number of nitrogens with one attached hydrogen (secondary N) is 1. The smallest absolute Gasteiger partial charge is 0.262 e. The molecular weight excluding hydrogens is 324 g/mol. The monoisotopic (exact) mass is 348 g/mol. The summed E-state index contributed by atoms with van der Waals surface area (Å²) in [5, 5.41) is 2.94. The van der Waals surface area contributed by atoms with Gasteiger partial charge in [-0.15, -0.1) is 0 Å². The summed E-state index contributed by atoms with van der Waals surface area (Å²) in [7, 11) is 0. The van der Waals surface area contributed by atoms with Gasteiger partial charge in [-0.25, -0.2) is 0 Å². The lowest BCUT2D eigenvalue weighted by Crippen LogP contribution is -2.51. The Morgan fingerprint density at radius 2 is 1.75 bits per heavy atom. The first kappa shape index (κ1) is 18.5. The second-order valence-electron chi connectivity index (χ2n) is 6.02. The normalized spacial score (nSPS) is 16.0. The number of nitrogens with zero attached hydrogens (tertiary/aromatic N) is 1. The second-order valence-corrected chi connectivity index (χ2v) is 7.01. The number of benzene rings is 1. The van der Waals surface area contributed by atoms with Gasteiger partial charge in [0.1, 0.15) is 6.04 Å². The summed E-state index contributed by atoms with van der Waals surface area (Å²) in [6.07, 6.45) is 4.22. The third-order valence-electron chi connectivity index (χ3n) is 4.15. The van der Waals surface area contributed by atoms with Gasteiger partial charge in [-0.3, -0.25) is 19.3 Å². The molecule has 0 fully saturated rings. The van der Waals surface area contributed by atoms with Crippen LogP contribution in [-0.4, -0.2) is 46.7 Å². The second kappa shape index (κ2) is 8.33. The van der Waals surface area contributed by atoms with Crippen molar-refractivity contribution in [1.82, 2.24) is 10.2 Å². The number of thioether (sulfide) groups is 1. The molecular formula is C18H24N2O3S. The van der Waals surface area contributed by atoms with Crippen LogP contribution in [0.5, 0.6) is 0 Å². The van der Waals surface area contributed by atoms with E-state index in [1.54, 1.807) is 36.0 Å². The van der Waals surface area contributed by atoms with Gasteiger partial charge in [-0.2, -0.15) is 11.8 Å². The number of carbonyl (C=O) groups is 3. The summed E-state index contributed by atoms with van der Waals surface area (Å²) in [5.74, 6) is -0.298. The van der Waals surface area contributed by atoms with E-state index in [-0.39, 0.29) is 23.8 Å². The van der Waals surface area contributed by atoms with E-state index in [1.807, 2.05) is 13.2 Å². The van der Waals surface area contributed by atoms with E-state index in [0.29, 0.717) is 23.3 Å². The fourth-order valence-corrected chi connectivity index (χ4v) is 3.40. The van der Waals surface area contributed by atoms with E-state index in [4.69, 9.17) is 0 Å². The molecule has 6 heteroatoms. The van der Waals surface area contributed by atoms with Gasteiger partial charge in [0.2, 0.25) is 5.91 Å². The van der Waals surface area contributed by atoms with E-state index < -0.39 is 6.04 Å². The zero-order valence-corrected chi connectivity index (χ0v) is 15.2. The van der Waals surface area contributed by atoms with E-state index in [2.05, 4.69) is 12.2 Å². The van der Waals surface area contributed by atoms with Gasteiger partial charge in [0, 0.05) is 6.04 Å². The Bertz CT molecular complexity index is 597. The summed E-state index contributed by atoms with van der Waals surface area (Å²) >= 11 is 1.59. The lowest BCUT2D eigenvalue weighted by Gasteiger charge is -2.26. The summed E-state index contributed by atoms with van der Waals surface area (Å²) < 4.78 is 0. The number of hydrogen-bond donors (Lipinski definition) is 1. The number of imide groups is 1. The Hall–Kier alpha value is -1.82. The van der Waals surface area contributed by atoms with Gasteiger partial charge in [0.05, 0.1) is 11.1 Å². The zero-order chi connectivity index (χ0) is 17.7. The minimum atomic E-state index is -0.760. The van der Waals surface area contributed by atoms with Crippen molar-refractivity contribution in [3.05, 3.63) is 35.4 Å². The Morgan fingerprint density at radius 3 is 2.25 bits per heavy atom. The fraction of sp³-hybridized carbons (Fsp3) is 0.500. The average molecular weight is 348 g/mol. The molecule has 0 aliphatic carbocycles. The molecule has 1 aromatic carbocycles. The van der Waals surface area contributed by atoms with Crippen LogP contribution in [-0.2, 0) is 4.79 Å². The van der Waals surface area contributed by atoms with Gasteiger partial charge < -0.3 is 5.32 Å². The molecule has 1 heterocycles. The molecule has 1 aromatic rings. The van der Waals surface area contributed by atoms with Crippen LogP contribution in [0, 0.1) is 0 Å². The Labute approximate surface area is 147 Å². The number of carbonyl (C=O) groups excluding carboxylic acids is 3. The van der Waals surface area contributed by atoms with Crippen molar-refractivity contribution >= 4 is 29.5 Å². The molecule has 0 bridgehead atoms. The predicted octanol–water partition coefficient (Wildman–Crippen LogP) is 2.71. The van der Waals surface area contributed by atoms with Crippen molar-refractivity contribution < 1.29 is 14.4 Å². The van der Waals surface area contributed by atoms with Gasteiger partial charge in [-0.05, 0) is 43.9 Å². The molecule has 2 rings (SSSR count). The Balaban J connectivity index is 2.24. The standard InChI is InChI=1S/C18H24N2O3S/c1-4-7-12(2)19-16(21)15(10-11-24-3)20-17(22)13-8-5-6-9-14(13)18(20)23/h5-6,8-9,12,15H,4,7,10-11H2,1-3H3,(H,19,21)/t12-,15-/m0/s1. The molecule has 1 aliphatic rings. The molecule has 1 aliphatic heterocycles. The highest BCUT2D eigenvalue weighted by molar-refractivity contribution is 7.98. The van der Waals surface area contributed by atoms with Gasteiger partial charge >= 0.3 is 0 Å². The molecule has 0 radical (unpaired) electrons. The summed E-state index contributed by atoms with van der Waals surface area (Å²) in [5.41, 5.74) is 0.761. The molecule has 5 nitrogen and oxygen atoms in total. The first-order valence-electron chi connectivity index (χ1n) is 8.27. The van der Waals surface area contributed by atoms with Crippen LogP contribution in [0.25, 0.3) is 0 Å². The van der Waals surface area contributed by atoms with Crippen molar-refractivity contribution in [2.45, 2.75) is 45.2 Å². The van der Waals surface area contributed by atoms with Crippen LogP contribution < -0.4 is 5.32 Å². The van der Waals surface area contributed by atoms with Crippen LogP contribution in [0.15, 0.2) is 24.3 Å². The van der Waals surface area contributed by atoms with E-state index in [9.17, 15) is 14.4 Å². The third-order valence-corrected chi connectivity index (χ3v) is 4.79. The number of fused-ring (bicyclic) bond motifs is 1. The fourth-order valence-electron chi connectivity index (χ4n) is 2.94. The molecule has 0 aromatic heterocycles. The highest BCUT2D eigenvalue weighted by atomic mass is 32.2. The average Bonchev–Trinajstić information content (AvgIpc) is 2.81. The van der Waals surface area contributed by atoms with Gasteiger partial charge in [0.15, 0.2) is 0 Å². The molecule has 24 heavy (non-hydrogen) atoms. The minimum Gasteiger partial charge on any atom is -0.352 e. The van der Waals surface area contributed by atoms with Crippen LogP contribution in [0.2, 0.25) is 0 Å². The summed E-state index contributed by atoms with van der Waals surface area (Å²) in [6, 6.07) is 6.00. The summed E-state index contributed by atoms with van der Waals surface area (Å²) in [4.78, 5) is 39.1. The molecule has 1 N–H and O–H groups in total. The first-order valence-corrected chi connectivity index (χ1v) is 9.66. The zero-order valence-electron chi connectivity index (χ0n) is 14.4. The van der Waals surface area contributed by atoms with Crippen molar-refractivity contribution in [3.63, 3.8) is 0 Å². The number of rotatable bonds is 8. The van der Waals surface area contributed by atoms with E-state index >= 15 is 0 Å². The molecule has 0 saturated carbocycles. The molecule has 130 valence electrons. The quantitative estimate of drug-likeness (QED) is 0.734. The third kappa shape index (κ3) is 3.80. The molecule has 0 spiro atoms. The topological polar surface area (TPSA) is 66.5 Å². The molecule has 0 unspecified atom stereocenters. The largest absolute Gasteiger partial charge is 0.352 e. The molecule has 2 atom stereocenters. The van der Waals surface area contributed by atoms with Crippen molar-refractivity contribution in [3.8, 4) is 0 Å². The first-order chi connectivity index (χ1) is 11.5. The van der Waals surface area contributed by atoms with Crippen LogP contribution in [0.4, 0.5) is 0 Å². The highest BCUT2D eigenvalue weighted by Crippen LogP contribution is 2.26. The van der Waals surface area contributed by atoms with Crippen LogP contribution in [0.3, 0.4) is 0 Å². The highest BCUT2D eigenvalue weighted by Gasteiger charge is 2.42. The number of hydrogen-bond acceptors (Lipinski definition) is 4. The lowest BCUT2D eigenvalue weighted by molar-refractivity contribution is -0.125. The van der Waals surface area contributed by atoms with Crippen molar-refractivity contribution in [2.75, 3.05) is 12.0 Å². The van der Waals surface area contributed by atoms with Crippen molar-refractivity contribution in [2.24, 2.45) is 0 Å². The molecule has 0 saturated heterocycles. The lowest BCUT2D eigenvalue weighted by atomic mass is 10.1. The molecule has 3 amide bonds. The SMILES string of the molecule is CCC[C@H](C)NC(=O)[C@H](CCSC)N1C(=O)c2ccccc2C1=O. The maximum absolute atomic E-state index is 12.7. The summed E-state index contributed by atoms with van der Waals surface area (Å²) in [6.45, 7) is 3.99. The van der Waals surface area contributed by atoms with Gasteiger partial charge in [0.25, 0.3) is 11.8 Å². The Morgan fingerprint density at radius 1 is 1.17 bits per heavy atom.